The Balaban J connectivity index is 2.06. The van der Waals surface area contributed by atoms with Gasteiger partial charge >= 0.3 is 0 Å². The van der Waals surface area contributed by atoms with Gasteiger partial charge in [0.25, 0.3) is 0 Å². The fraction of sp³-hybridized carbons (Fsp3) is 0.308. The molecule has 0 saturated carbocycles. The van der Waals surface area contributed by atoms with Crippen LogP contribution >= 0.6 is 15.9 Å². The van der Waals surface area contributed by atoms with Gasteiger partial charge in [0.1, 0.15) is 11.6 Å². The second kappa shape index (κ2) is 5.91. The third kappa shape index (κ3) is 2.85. The zero-order valence-electron chi connectivity index (χ0n) is 10.5. The van der Waals surface area contributed by atoms with Crippen LogP contribution in [0.25, 0.3) is 0 Å². The van der Waals surface area contributed by atoms with E-state index in [0.29, 0.717) is 6.54 Å². The number of aryl methyl sites for hydroxylation is 1. The van der Waals surface area contributed by atoms with Gasteiger partial charge in [-0.15, -0.1) is 0 Å². The molecule has 0 fully saturated rings. The molecule has 0 saturated heterocycles. The molecule has 0 bridgehead atoms. The first-order valence-corrected chi connectivity index (χ1v) is 6.61. The third-order valence-corrected chi connectivity index (χ3v) is 3.40. The van der Waals surface area contributed by atoms with Gasteiger partial charge in [-0.3, -0.25) is 0 Å². The van der Waals surface area contributed by atoms with Crippen molar-refractivity contribution in [1.29, 1.82) is 0 Å². The maximum absolute atomic E-state index is 5.26. The monoisotopic (exact) mass is 309 g/mol. The number of halogens is 1. The largest absolute Gasteiger partial charge is 0.495 e. The van der Waals surface area contributed by atoms with Crippen LogP contribution in [-0.2, 0) is 13.1 Å². The highest BCUT2D eigenvalue weighted by Crippen LogP contribution is 2.27. The number of nitrogens with zero attached hydrogens (tertiary/aromatic N) is 2. The van der Waals surface area contributed by atoms with E-state index >= 15 is 0 Å². The van der Waals surface area contributed by atoms with E-state index in [4.69, 9.17) is 4.74 Å². The van der Waals surface area contributed by atoms with Crippen LogP contribution in [-0.4, -0.2) is 16.7 Å². The Morgan fingerprint density at radius 3 is 3.00 bits per heavy atom. The lowest BCUT2D eigenvalue weighted by atomic mass is 10.3. The number of hydrogen-bond acceptors (Lipinski definition) is 3. The topological polar surface area (TPSA) is 39.1 Å². The molecule has 1 heterocycles. The Hall–Kier alpha value is -1.49. The molecular formula is C13H16BrN3O. The third-order valence-electron chi connectivity index (χ3n) is 2.74. The minimum Gasteiger partial charge on any atom is -0.495 e. The molecule has 5 heteroatoms. The van der Waals surface area contributed by atoms with E-state index in [-0.39, 0.29) is 0 Å². The van der Waals surface area contributed by atoms with Gasteiger partial charge in [0.15, 0.2) is 0 Å². The van der Waals surface area contributed by atoms with Crippen molar-refractivity contribution in [2.75, 3.05) is 12.4 Å². The van der Waals surface area contributed by atoms with Gasteiger partial charge in [-0.1, -0.05) is 0 Å². The summed E-state index contributed by atoms with van der Waals surface area (Å²) in [5.74, 6) is 1.85. The van der Waals surface area contributed by atoms with Crippen molar-refractivity contribution in [2.45, 2.75) is 20.0 Å². The fourth-order valence-corrected chi connectivity index (χ4v) is 2.15. The predicted octanol–water partition coefficient (Wildman–Crippen LogP) is 3.29. The normalized spacial score (nSPS) is 10.4. The molecule has 0 unspecified atom stereocenters. The standard InChI is InChI=1S/C13H16BrN3O/c1-3-17-7-6-15-13(17)9-16-10-4-5-11(14)12(8-10)18-2/h4-8,16H,3,9H2,1-2H3. The molecule has 0 atom stereocenters. The van der Waals surface area contributed by atoms with Gasteiger partial charge in [0, 0.05) is 30.7 Å². The van der Waals surface area contributed by atoms with Crippen molar-refractivity contribution < 1.29 is 4.74 Å². The lowest BCUT2D eigenvalue weighted by Crippen LogP contribution is -2.07. The highest BCUT2D eigenvalue weighted by Gasteiger charge is 2.03. The molecule has 18 heavy (non-hydrogen) atoms. The van der Waals surface area contributed by atoms with Gasteiger partial charge in [-0.2, -0.15) is 0 Å². The fourth-order valence-electron chi connectivity index (χ4n) is 1.75. The summed E-state index contributed by atoms with van der Waals surface area (Å²) in [6.07, 6.45) is 3.81. The molecular weight excluding hydrogens is 294 g/mol. The van der Waals surface area contributed by atoms with Crippen molar-refractivity contribution in [2.24, 2.45) is 0 Å². The molecule has 1 N–H and O–H groups in total. The summed E-state index contributed by atoms with van der Waals surface area (Å²) in [4.78, 5) is 4.32. The molecule has 96 valence electrons. The van der Waals surface area contributed by atoms with Crippen LogP contribution in [0, 0.1) is 0 Å². The number of imidazole rings is 1. The first-order valence-electron chi connectivity index (χ1n) is 5.82. The van der Waals surface area contributed by atoms with Crippen LogP contribution in [0.3, 0.4) is 0 Å². The minimum atomic E-state index is 0.700. The highest BCUT2D eigenvalue weighted by atomic mass is 79.9. The van der Waals surface area contributed by atoms with Crippen LogP contribution < -0.4 is 10.1 Å². The molecule has 0 amide bonds. The van der Waals surface area contributed by atoms with Crippen LogP contribution in [0.4, 0.5) is 5.69 Å². The number of nitrogens with one attached hydrogen (secondary N) is 1. The molecule has 2 aromatic rings. The number of hydrogen-bond donors (Lipinski definition) is 1. The van der Waals surface area contributed by atoms with Crippen molar-refractivity contribution in [3.05, 3.63) is 40.9 Å². The van der Waals surface area contributed by atoms with E-state index in [1.807, 2.05) is 30.6 Å². The molecule has 0 spiro atoms. The molecule has 0 aliphatic carbocycles. The van der Waals surface area contributed by atoms with E-state index in [2.05, 4.69) is 37.7 Å². The Labute approximate surface area is 115 Å². The second-order valence-corrected chi connectivity index (χ2v) is 4.69. The Kier molecular flexibility index (Phi) is 4.25. The zero-order valence-corrected chi connectivity index (χ0v) is 12.1. The van der Waals surface area contributed by atoms with Crippen LogP contribution in [0.1, 0.15) is 12.7 Å². The Morgan fingerprint density at radius 2 is 2.28 bits per heavy atom. The van der Waals surface area contributed by atoms with Gasteiger partial charge in [0.05, 0.1) is 18.1 Å². The van der Waals surface area contributed by atoms with Crippen molar-refractivity contribution in [3.63, 3.8) is 0 Å². The summed E-state index contributed by atoms with van der Waals surface area (Å²) >= 11 is 3.43. The molecule has 0 radical (unpaired) electrons. The van der Waals surface area contributed by atoms with Gasteiger partial charge in [0.2, 0.25) is 0 Å². The Bertz CT molecular complexity index is 525. The van der Waals surface area contributed by atoms with E-state index in [9.17, 15) is 0 Å². The molecule has 4 nitrogen and oxygen atoms in total. The van der Waals surface area contributed by atoms with Crippen molar-refractivity contribution >= 4 is 21.6 Å². The number of methoxy groups -OCH3 is 1. The van der Waals surface area contributed by atoms with Gasteiger partial charge in [-0.25, -0.2) is 4.98 Å². The molecule has 1 aromatic carbocycles. The molecule has 0 aliphatic rings. The number of anilines is 1. The van der Waals surface area contributed by atoms with Gasteiger partial charge in [-0.05, 0) is 35.0 Å². The smallest absolute Gasteiger partial charge is 0.135 e. The maximum Gasteiger partial charge on any atom is 0.135 e. The summed E-state index contributed by atoms with van der Waals surface area (Å²) in [5.41, 5.74) is 1.01. The van der Waals surface area contributed by atoms with E-state index in [1.165, 1.54) is 0 Å². The van der Waals surface area contributed by atoms with Crippen molar-refractivity contribution in [3.8, 4) is 5.75 Å². The average Bonchev–Trinajstić information content (AvgIpc) is 2.85. The number of ether oxygens (including phenoxy) is 1. The quantitative estimate of drug-likeness (QED) is 0.921. The van der Waals surface area contributed by atoms with E-state index in [1.54, 1.807) is 7.11 Å². The second-order valence-electron chi connectivity index (χ2n) is 3.83. The average molecular weight is 310 g/mol. The summed E-state index contributed by atoms with van der Waals surface area (Å²) in [7, 11) is 1.66. The van der Waals surface area contributed by atoms with Crippen molar-refractivity contribution in [1.82, 2.24) is 9.55 Å². The summed E-state index contributed by atoms with van der Waals surface area (Å²) in [5, 5.41) is 3.34. The summed E-state index contributed by atoms with van der Waals surface area (Å²) in [6, 6.07) is 5.93. The highest BCUT2D eigenvalue weighted by molar-refractivity contribution is 9.10. The van der Waals surface area contributed by atoms with Crippen LogP contribution in [0.2, 0.25) is 0 Å². The minimum absolute atomic E-state index is 0.700. The summed E-state index contributed by atoms with van der Waals surface area (Å²) in [6.45, 7) is 3.74. The van der Waals surface area contributed by atoms with Crippen LogP contribution in [0.15, 0.2) is 35.1 Å². The van der Waals surface area contributed by atoms with E-state index in [0.717, 1.165) is 28.3 Å². The van der Waals surface area contributed by atoms with Gasteiger partial charge < -0.3 is 14.6 Å². The predicted molar refractivity (Wildman–Crippen MR) is 75.9 cm³/mol. The maximum atomic E-state index is 5.26. The first kappa shape index (κ1) is 13.0. The molecule has 1 aromatic heterocycles. The Morgan fingerprint density at radius 1 is 1.44 bits per heavy atom. The number of benzene rings is 1. The number of aromatic nitrogens is 2. The zero-order chi connectivity index (χ0) is 13.0. The lowest BCUT2D eigenvalue weighted by molar-refractivity contribution is 0.412. The number of rotatable bonds is 5. The van der Waals surface area contributed by atoms with E-state index < -0.39 is 0 Å². The molecule has 0 aliphatic heterocycles. The summed E-state index contributed by atoms with van der Waals surface area (Å²) < 4.78 is 8.32. The first-order chi connectivity index (χ1) is 8.74. The molecule has 2 rings (SSSR count). The van der Waals surface area contributed by atoms with Crippen LogP contribution in [0.5, 0.6) is 5.75 Å². The SMILES string of the molecule is CCn1ccnc1CNc1ccc(Br)c(OC)c1. The lowest BCUT2D eigenvalue weighted by Gasteiger charge is -2.10.